The predicted molar refractivity (Wildman–Crippen MR) is 190 cm³/mol. The number of fused-ring (bicyclic) bond motifs is 5. The topological polar surface area (TPSA) is 13.1 Å². The molecule has 0 bridgehead atoms. The average Bonchev–Trinajstić information content (AvgIpc) is 3.76. The molecular weight excluding hydrogens is 544 g/mol. The van der Waals surface area contributed by atoms with Crippen LogP contribution < -0.4 is 0 Å². The Hall–Kier alpha value is -5.92. The van der Waals surface area contributed by atoms with Gasteiger partial charge in [-0.05, 0) is 72.6 Å². The highest BCUT2D eigenvalue weighted by Crippen LogP contribution is 2.45. The molecule has 1 nitrogen and oxygen atoms in total. The van der Waals surface area contributed by atoms with Crippen LogP contribution in [0.4, 0.5) is 0 Å². The molecule has 1 heteroatoms. The lowest BCUT2D eigenvalue weighted by atomic mass is 9.85. The van der Waals surface area contributed by atoms with Gasteiger partial charge < -0.3 is 4.42 Å². The first-order valence-electron chi connectivity index (χ1n) is 27.2. The van der Waals surface area contributed by atoms with Crippen molar-refractivity contribution in [3.05, 3.63) is 169 Å². The smallest absolute Gasteiger partial charge is 0.143 e. The molecule has 0 saturated carbocycles. The largest absolute Gasteiger partial charge is 0.455 e. The molecule has 0 aliphatic carbocycles. The molecule has 0 unspecified atom stereocenters. The van der Waals surface area contributed by atoms with E-state index in [2.05, 4.69) is 0 Å². The molecule has 8 aromatic carbocycles. The predicted octanol–water partition coefficient (Wildman–Crippen LogP) is 12.6. The van der Waals surface area contributed by atoms with E-state index in [0.29, 0.717) is 0 Å². The third-order valence-corrected chi connectivity index (χ3v) is 7.12. The van der Waals surface area contributed by atoms with Crippen LogP contribution in [-0.2, 0) is 0 Å². The second-order valence-electron chi connectivity index (χ2n) is 9.51. The molecular formula is C44H28O. The van der Waals surface area contributed by atoms with Crippen molar-refractivity contribution in [1.29, 1.82) is 0 Å². The van der Waals surface area contributed by atoms with E-state index < -0.39 is 257 Å². The molecule has 0 fully saturated rings. The van der Waals surface area contributed by atoms with Crippen LogP contribution in [0.2, 0.25) is 0 Å². The van der Waals surface area contributed by atoms with Crippen molar-refractivity contribution in [1.82, 2.24) is 0 Å². The quantitative estimate of drug-likeness (QED) is 0.183. The number of para-hydroxylation sites is 1. The monoisotopic (exact) mass is 600 g/mol. The molecule has 0 saturated heterocycles. The molecule has 0 atom stereocenters. The Morgan fingerprint density at radius 2 is 0.822 bits per heavy atom. The zero-order valence-electron chi connectivity index (χ0n) is 50.4. The Morgan fingerprint density at radius 1 is 0.356 bits per heavy atom. The highest BCUT2D eigenvalue weighted by atomic mass is 16.3. The lowest BCUT2D eigenvalue weighted by Crippen LogP contribution is -1.91. The van der Waals surface area contributed by atoms with Gasteiger partial charge in [0, 0.05) is 16.3 Å². The summed E-state index contributed by atoms with van der Waals surface area (Å²) in [5.74, 6) is 0. The molecule has 1 aromatic heterocycles. The summed E-state index contributed by atoms with van der Waals surface area (Å²) < 4.78 is 256. The molecule has 0 spiro atoms. The molecule has 210 valence electrons. The van der Waals surface area contributed by atoms with Gasteiger partial charge in [0.1, 0.15) is 11.2 Å². The van der Waals surface area contributed by atoms with Crippen LogP contribution in [0.15, 0.2) is 174 Å². The molecule has 0 N–H and O–H groups in total. The summed E-state index contributed by atoms with van der Waals surface area (Å²) in [5.41, 5.74) is -7.56. The maximum Gasteiger partial charge on any atom is 0.143 e. The second kappa shape index (κ2) is 10.4. The first-order valence-corrected chi connectivity index (χ1v) is 13.2. The van der Waals surface area contributed by atoms with E-state index in [1.165, 1.54) is 0 Å². The van der Waals surface area contributed by atoms with E-state index in [1.807, 2.05) is 0 Å². The Morgan fingerprint density at radius 3 is 1.49 bits per heavy atom. The van der Waals surface area contributed by atoms with Gasteiger partial charge in [-0.1, -0.05) is 157 Å². The summed E-state index contributed by atoms with van der Waals surface area (Å²) in [7, 11) is 0. The molecule has 9 rings (SSSR count). The van der Waals surface area contributed by atoms with Crippen molar-refractivity contribution < 1.29 is 42.8 Å². The lowest BCUT2D eigenvalue weighted by Gasteiger charge is -2.18. The highest BCUT2D eigenvalue weighted by Gasteiger charge is 2.19. The van der Waals surface area contributed by atoms with Gasteiger partial charge in [0.15, 0.2) is 0 Å². The maximum absolute atomic E-state index is 9.96. The Labute approximate surface area is 301 Å². The number of rotatable bonds is 4. The summed E-state index contributed by atoms with van der Waals surface area (Å²) in [5, 5.41) is -4.19. The van der Waals surface area contributed by atoms with E-state index >= 15 is 0 Å². The van der Waals surface area contributed by atoms with Gasteiger partial charge in [-0.2, -0.15) is 0 Å². The number of hydrogen-bond acceptors (Lipinski definition) is 1. The molecule has 9 aromatic rings. The van der Waals surface area contributed by atoms with Crippen LogP contribution in [-0.4, -0.2) is 0 Å². The molecule has 45 heavy (non-hydrogen) atoms. The first kappa shape index (κ1) is 10.1. The van der Waals surface area contributed by atoms with Crippen LogP contribution in [0.1, 0.15) is 38.4 Å². The average molecular weight is 601 g/mol. The van der Waals surface area contributed by atoms with Crippen LogP contribution in [0.25, 0.3) is 88.0 Å². The third kappa shape index (κ3) is 4.09. The standard InChI is InChI=1S/C44H28O/c1-3-14-29(15-4-1)34-25-12-26-39-43-33(24-13-27-40(43)45-44(34)39)31-18-11-19-32(28-31)42-37-22-9-7-20-35(37)41(30-16-5-2-6-17-30)36-21-8-10-23-38(36)42/h1-28H/i1D,2D,3D,4D,5D,6D,7D,8D,9D,10D,11D,12D,13D,14D,15D,16D,17D,18D,19D,20D,21D,22D,23D,24D,25D,26D,27D,28D. The first-order chi connectivity index (χ1) is 34.0. The minimum atomic E-state index is -1.11. The van der Waals surface area contributed by atoms with Crippen LogP contribution in [0.3, 0.4) is 0 Å². The second-order valence-corrected chi connectivity index (χ2v) is 9.51. The van der Waals surface area contributed by atoms with Gasteiger partial charge in [0.05, 0.1) is 38.4 Å². The van der Waals surface area contributed by atoms with Crippen molar-refractivity contribution in [3.8, 4) is 44.5 Å². The fourth-order valence-electron chi connectivity index (χ4n) is 5.31. The number of hydrogen-bond donors (Lipinski definition) is 0. The van der Waals surface area contributed by atoms with E-state index in [4.69, 9.17) is 30.5 Å². The van der Waals surface area contributed by atoms with Gasteiger partial charge in [-0.3, -0.25) is 0 Å². The Balaban J connectivity index is 1.58. The van der Waals surface area contributed by atoms with Crippen molar-refractivity contribution in [3.63, 3.8) is 0 Å². The zero-order valence-corrected chi connectivity index (χ0v) is 22.4. The van der Waals surface area contributed by atoms with Crippen LogP contribution in [0, 0.1) is 0 Å². The van der Waals surface area contributed by atoms with E-state index in [-0.39, 0.29) is 0 Å². The van der Waals surface area contributed by atoms with Gasteiger partial charge >= 0.3 is 0 Å². The van der Waals surface area contributed by atoms with E-state index in [1.54, 1.807) is 0 Å². The molecule has 0 aliphatic rings. The summed E-state index contributed by atoms with van der Waals surface area (Å²) >= 11 is 0. The van der Waals surface area contributed by atoms with Crippen molar-refractivity contribution in [2.24, 2.45) is 0 Å². The lowest BCUT2D eigenvalue weighted by molar-refractivity contribution is 0.670. The Kier molecular flexibility index (Phi) is 2.32. The van der Waals surface area contributed by atoms with Crippen LogP contribution >= 0.6 is 0 Å². The number of furan rings is 1. The molecule has 1 heterocycles. The molecule has 0 radical (unpaired) electrons. The van der Waals surface area contributed by atoms with Crippen LogP contribution in [0.5, 0.6) is 0 Å². The van der Waals surface area contributed by atoms with Gasteiger partial charge in [0.2, 0.25) is 0 Å². The summed E-state index contributed by atoms with van der Waals surface area (Å²) in [6, 6.07) is -27.0. The summed E-state index contributed by atoms with van der Waals surface area (Å²) in [4.78, 5) is 0. The zero-order chi connectivity index (χ0) is 54.1. The SMILES string of the molecule is [2H]c1c([2H])c([2H])c(-c2c([2H])c([2H])c([2H])c3c2oc2c([2H])c([2H])c([2H])c(-c4c([2H])c([2H])c([2H])c(-c5c6c([2H])c([2H])c([2H])c([2H])c6c(-c6c([2H])c([2H])c([2H])c([2H])c6[2H])c6c([2H])c([2H])c([2H])c([2H])c56)c4[2H])c23)c([2H])c1[2H]. The van der Waals surface area contributed by atoms with E-state index in [9.17, 15) is 12.3 Å². The number of benzene rings is 8. The summed E-state index contributed by atoms with van der Waals surface area (Å²) in [6.07, 6.45) is 0. The minimum absolute atomic E-state index is 0.598. The van der Waals surface area contributed by atoms with Crippen molar-refractivity contribution in [2.45, 2.75) is 0 Å². The Bertz CT molecular complexity index is 3980. The maximum atomic E-state index is 9.96. The fraction of sp³-hybridized carbons (Fsp3) is 0. The van der Waals surface area contributed by atoms with Gasteiger partial charge in [0.25, 0.3) is 0 Å². The van der Waals surface area contributed by atoms with Gasteiger partial charge in [-0.25, -0.2) is 0 Å². The van der Waals surface area contributed by atoms with Crippen molar-refractivity contribution >= 4 is 43.5 Å². The molecule has 0 amide bonds. The summed E-state index contributed by atoms with van der Waals surface area (Å²) in [6.45, 7) is 0. The third-order valence-electron chi connectivity index (χ3n) is 7.12. The minimum Gasteiger partial charge on any atom is -0.455 e. The highest BCUT2D eigenvalue weighted by molar-refractivity contribution is 6.22. The fourth-order valence-corrected chi connectivity index (χ4v) is 5.31. The molecule has 0 aliphatic heterocycles. The normalized spacial score (nSPS) is 20.3. The van der Waals surface area contributed by atoms with Gasteiger partial charge in [-0.15, -0.1) is 0 Å². The van der Waals surface area contributed by atoms with Crippen molar-refractivity contribution in [2.75, 3.05) is 0 Å². The van der Waals surface area contributed by atoms with E-state index in [0.717, 1.165) is 0 Å².